The van der Waals surface area contributed by atoms with E-state index in [1.165, 1.54) is 35.2 Å². The fourth-order valence-corrected chi connectivity index (χ4v) is 3.39. The summed E-state index contributed by atoms with van der Waals surface area (Å²) in [6.45, 7) is 1.18. The number of thiophene rings is 1. The predicted octanol–water partition coefficient (Wildman–Crippen LogP) is 3.33. The third kappa shape index (κ3) is 1.73. The largest absolute Gasteiger partial charge is 0.309 e. The van der Waals surface area contributed by atoms with Gasteiger partial charge < -0.3 is 5.32 Å². The SMILES string of the molecule is Brc1ccsc1[C@@H]1CCCCN1. The first kappa shape index (κ1) is 8.73. The molecule has 3 heteroatoms. The van der Waals surface area contributed by atoms with Crippen molar-refractivity contribution in [2.24, 2.45) is 0 Å². The summed E-state index contributed by atoms with van der Waals surface area (Å²) in [7, 11) is 0. The highest BCUT2D eigenvalue weighted by Crippen LogP contribution is 2.33. The minimum Gasteiger partial charge on any atom is -0.309 e. The van der Waals surface area contributed by atoms with Crippen LogP contribution < -0.4 is 5.32 Å². The first-order chi connectivity index (χ1) is 5.88. The summed E-state index contributed by atoms with van der Waals surface area (Å²) < 4.78 is 1.27. The Hall–Kier alpha value is 0.140. The fourth-order valence-electron chi connectivity index (χ4n) is 1.63. The van der Waals surface area contributed by atoms with E-state index in [1.54, 1.807) is 0 Å². The fraction of sp³-hybridized carbons (Fsp3) is 0.556. The van der Waals surface area contributed by atoms with E-state index in [1.807, 2.05) is 11.3 Å². The maximum atomic E-state index is 3.57. The molecule has 0 aromatic carbocycles. The van der Waals surface area contributed by atoms with E-state index in [2.05, 4.69) is 32.7 Å². The van der Waals surface area contributed by atoms with Gasteiger partial charge in [0.25, 0.3) is 0 Å². The van der Waals surface area contributed by atoms with Crippen LogP contribution in [0, 0.1) is 0 Å². The first-order valence-electron chi connectivity index (χ1n) is 4.34. The molecule has 12 heavy (non-hydrogen) atoms. The Morgan fingerprint density at radius 1 is 1.50 bits per heavy atom. The van der Waals surface area contributed by atoms with Crippen molar-refractivity contribution in [1.82, 2.24) is 5.32 Å². The normalized spacial score (nSPS) is 24.2. The second kappa shape index (κ2) is 3.90. The summed E-state index contributed by atoms with van der Waals surface area (Å²) in [4.78, 5) is 1.47. The number of rotatable bonds is 1. The molecule has 1 aliphatic rings. The Morgan fingerprint density at radius 2 is 2.42 bits per heavy atom. The van der Waals surface area contributed by atoms with Crippen molar-refractivity contribution >= 4 is 27.3 Å². The molecule has 0 radical (unpaired) electrons. The lowest BCUT2D eigenvalue weighted by atomic mass is 10.0. The minimum atomic E-state index is 0.605. The zero-order valence-corrected chi connectivity index (χ0v) is 9.25. The third-order valence-electron chi connectivity index (χ3n) is 2.27. The van der Waals surface area contributed by atoms with E-state index < -0.39 is 0 Å². The van der Waals surface area contributed by atoms with Crippen LogP contribution in [0.1, 0.15) is 30.2 Å². The molecular weight excluding hydrogens is 234 g/mol. The van der Waals surface area contributed by atoms with Crippen molar-refractivity contribution in [2.45, 2.75) is 25.3 Å². The van der Waals surface area contributed by atoms with Gasteiger partial charge in [-0.2, -0.15) is 0 Å². The van der Waals surface area contributed by atoms with E-state index in [0.717, 1.165) is 0 Å². The molecular formula is C9H12BrNS. The van der Waals surface area contributed by atoms with Crippen molar-refractivity contribution in [3.63, 3.8) is 0 Å². The number of hydrogen-bond acceptors (Lipinski definition) is 2. The molecule has 66 valence electrons. The van der Waals surface area contributed by atoms with Gasteiger partial charge in [-0.1, -0.05) is 6.42 Å². The van der Waals surface area contributed by atoms with Gasteiger partial charge in [-0.25, -0.2) is 0 Å². The number of hydrogen-bond donors (Lipinski definition) is 1. The van der Waals surface area contributed by atoms with Crippen LogP contribution in [0.15, 0.2) is 15.9 Å². The maximum Gasteiger partial charge on any atom is 0.0426 e. The molecule has 2 heterocycles. The van der Waals surface area contributed by atoms with E-state index in [0.29, 0.717) is 6.04 Å². The standard InChI is InChI=1S/C9H12BrNS/c10-7-4-6-12-9(7)8-3-1-2-5-11-8/h4,6,8,11H,1-3,5H2/t8-/m0/s1. The summed E-state index contributed by atoms with van der Waals surface area (Å²) in [6, 6.07) is 2.74. The summed E-state index contributed by atoms with van der Waals surface area (Å²) in [5.41, 5.74) is 0. The van der Waals surface area contributed by atoms with Crippen molar-refractivity contribution in [3.8, 4) is 0 Å². The van der Waals surface area contributed by atoms with Gasteiger partial charge >= 0.3 is 0 Å². The lowest BCUT2D eigenvalue weighted by Gasteiger charge is -2.22. The Balaban J connectivity index is 2.13. The van der Waals surface area contributed by atoms with Gasteiger partial charge in [-0.15, -0.1) is 11.3 Å². The Bertz CT molecular complexity index is 253. The molecule has 2 rings (SSSR count). The van der Waals surface area contributed by atoms with Crippen LogP contribution in [0.3, 0.4) is 0 Å². The lowest BCUT2D eigenvalue weighted by molar-refractivity contribution is 0.416. The summed E-state index contributed by atoms with van der Waals surface area (Å²) in [5, 5.41) is 5.69. The molecule has 0 aliphatic carbocycles. The Labute approximate surface area is 85.3 Å². The molecule has 1 saturated heterocycles. The zero-order valence-electron chi connectivity index (χ0n) is 6.85. The number of halogens is 1. The molecule has 0 saturated carbocycles. The van der Waals surface area contributed by atoms with Gasteiger partial charge in [-0.3, -0.25) is 0 Å². The van der Waals surface area contributed by atoms with E-state index in [4.69, 9.17) is 0 Å². The Kier molecular flexibility index (Phi) is 2.84. The molecule has 0 unspecified atom stereocenters. The van der Waals surface area contributed by atoms with Crippen LogP contribution in [-0.4, -0.2) is 6.54 Å². The van der Waals surface area contributed by atoms with Crippen LogP contribution in [0.4, 0.5) is 0 Å². The molecule has 1 aliphatic heterocycles. The monoisotopic (exact) mass is 245 g/mol. The van der Waals surface area contributed by atoms with Gasteiger partial charge in [0.1, 0.15) is 0 Å². The molecule has 1 fully saturated rings. The molecule has 1 nitrogen and oxygen atoms in total. The van der Waals surface area contributed by atoms with Gasteiger partial charge in [0.05, 0.1) is 0 Å². The average Bonchev–Trinajstić information content (AvgIpc) is 2.53. The quantitative estimate of drug-likeness (QED) is 0.801. The smallest absolute Gasteiger partial charge is 0.0426 e. The minimum absolute atomic E-state index is 0.605. The first-order valence-corrected chi connectivity index (χ1v) is 6.01. The van der Waals surface area contributed by atoms with Crippen molar-refractivity contribution in [1.29, 1.82) is 0 Å². The molecule has 0 spiro atoms. The molecule has 1 aromatic heterocycles. The van der Waals surface area contributed by atoms with E-state index >= 15 is 0 Å². The van der Waals surface area contributed by atoms with Crippen LogP contribution >= 0.6 is 27.3 Å². The van der Waals surface area contributed by atoms with Crippen LogP contribution in [0.5, 0.6) is 0 Å². The number of nitrogens with one attached hydrogen (secondary N) is 1. The van der Waals surface area contributed by atoms with Gasteiger partial charge in [0, 0.05) is 15.4 Å². The van der Waals surface area contributed by atoms with E-state index in [9.17, 15) is 0 Å². The van der Waals surface area contributed by atoms with Gasteiger partial charge in [0.2, 0.25) is 0 Å². The molecule has 1 N–H and O–H groups in total. The Morgan fingerprint density at radius 3 is 3.00 bits per heavy atom. The highest BCUT2D eigenvalue weighted by molar-refractivity contribution is 9.10. The van der Waals surface area contributed by atoms with Gasteiger partial charge in [0.15, 0.2) is 0 Å². The highest BCUT2D eigenvalue weighted by atomic mass is 79.9. The summed E-state index contributed by atoms with van der Waals surface area (Å²) in [5.74, 6) is 0. The zero-order chi connectivity index (χ0) is 8.39. The second-order valence-electron chi connectivity index (χ2n) is 3.14. The van der Waals surface area contributed by atoms with E-state index in [-0.39, 0.29) is 0 Å². The van der Waals surface area contributed by atoms with Crippen molar-refractivity contribution in [3.05, 3.63) is 20.8 Å². The van der Waals surface area contributed by atoms with Gasteiger partial charge in [-0.05, 0) is 46.8 Å². The van der Waals surface area contributed by atoms with Crippen LogP contribution in [0.2, 0.25) is 0 Å². The lowest BCUT2D eigenvalue weighted by Crippen LogP contribution is -2.26. The maximum absolute atomic E-state index is 3.57. The summed E-state index contributed by atoms with van der Waals surface area (Å²) >= 11 is 5.42. The van der Waals surface area contributed by atoms with Crippen molar-refractivity contribution in [2.75, 3.05) is 6.54 Å². The molecule has 0 bridgehead atoms. The second-order valence-corrected chi connectivity index (χ2v) is 4.94. The molecule has 0 amide bonds. The average molecular weight is 246 g/mol. The molecule has 1 aromatic rings. The number of piperidine rings is 1. The summed E-state index contributed by atoms with van der Waals surface area (Å²) in [6.07, 6.45) is 3.99. The third-order valence-corrected chi connectivity index (χ3v) is 4.26. The topological polar surface area (TPSA) is 12.0 Å². The van der Waals surface area contributed by atoms with Crippen LogP contribution in [-0.2, 0) is 0 Å². The highest BCUT2D eigenvalue weighted by Gasteiger charge is 2.17. The van der Waals surface area contributed by atoms with Crippen LogP contribution in [0.25, 0.3) is 0 Å². The predicted molar refractivity (Wildman–Crippen MR) is 56.6 cm³/mol. The van der Waals surface area contributed by atoms with Crippen molar-refractivity contribution < 1.29 is 0 Å². The molecule has 1 atom stereocenters.